The van der Waals surface area contributed by atoms with Crippen LogP contribution in [0.5, 0.6) is 5.75 Å². The average Bonchev–Trinajstić information content (AvgIpc) is 2.79. The first-order valence-corrected chi connectivity index (χ1v) is 7.31. The first-order valence-electron chi connectivity index (χ1n) is 7.31. The normalized spacial score (nSPS) is 11.2. The Balaban J connectivity index is 2.05. The molecule has 1 aromatic carbocycles. The maximum absolute atomic E-state index is 12.3. The number of aromatic hydroxyl groups is 1. The van der Waals surface area contributed by atoms with E-state index in [4.69, 9.17) is 0 Å². The van der Waals surface area contributed by atoms with Gasteiger partial charge in [0.05, 0.1) is 5.69 Å². The van der Waals surface area contributed by atoms with Crippen LogP contribution in [0.1, 0.15) is 30.4 Å². The summed E-state index contributed by atoms with van der Waals surface area (Å²) in [6.45, 7) is 2.07. The second-order valence-electron chi connectivity index (χ2n) is 5.37. The lowest BCUT2D eigenvalue weighted by molar-refractivity contribution is 0.475. The molecule has 2 aromatic heterocycles. The molecule has 0 bridgehead atoms. The molecule has 0 fully saturated rings. The standard InChI is InChI=1S/C16H18N4O2/c1-3-4-12-14-15(20(2)19-12)16(22)18-13(17-14)9-10-5-7-11(21)8-6-10/h5-8,21H,3-4,9H2,1-2H3,(H,17,18,22). The predicted molar refractivity (Wildman–Crippen MR) is 84.0 cm³/mol. The van der Waals surface area contributed by atoms with E-state index in [-0.39, 0.29) is 11.3 Å². The summed E-state index contributed by atoms with van der Waals surface area (Å²) < 4.78 is 1.59. The molecule has 0 saturated heterocycles. The third-order valence-corrected chi connectivity index (χ3v) is 3.61. The van der Waals surface area contributed by atoms with E-state index in [9.17, 15) is 9.90 Å². The zero-order valence-corrected chi connectivity index (χ0v) is 12.6. The first-order chi connectivity index (χ1) is 10.6. The Labute approximate surface area is 127 Å². The van der Waals surface area contributed by atoms with E-state index < -0.39 is 0 Å². The van der Waals surface area contributed by atoms with Crippen LogP contribution in [0.25, 0.3) is 11.0 Å². The van der Waals surface area contributed by atoms with Gasteiger partial charge in [-0.15, -0.1) is 0 Å². The molecule has 0 saturated carbocycles. The van der Waals surface area contributed by atoms with Crippen molar-refractivity contribution in [1.82, 2.24) is 19.7 Å². The maximum atomic E-state index is 12.3. The minimum atomic E-state index is -0.170. The summed E-state index contributed by atoms with van der Waals surface area (Å²) in [6, 6.07) is 6.88. The quantitative estimate of drug-likeness (QED) is 0.770. The van der Waals surface area contributed by atoms with Crippen LogP contribution in [0.15, 0.2) is 29.1 Å². The third-order valence-electron chi connectivity index (χ3n) is 3.61. The van der Waals surface area contributed by atoms with Crippen LogP contribution in [-0.4, -0.2) is 24.9 Å². The van der Waals surface area contributed by atoms with Crippen LogP contribution in [-0.2, 0) is 19.9 Å². The summed E-state index contributed by atoms with van der Waals surface area (Å²) in [6.07, 6.45) is 2.26. The Morgan fingerprint density at radius 1 is 1.27 bits per heavy atom. The molecule has 0 amide bonds. The number of aromatic nitrogens is 4. The highest BCUT2D eigenvalue weighted by Gasteiger charge is 2.14. The van der Waals surface area contributed by atoms with Crippen molar-refractivity contribution in [3.05, 3.63) is 51.7 Å². The van der Waals surface area contributed by atoms with Gasteiger partial charge in [0, 0.05) is 13.5 Å². The fraction of sp³-hybridized carbons (Fsp3) is 0.312. The number of hydrogen-bond donors (Lipinski definition) is 2. The van der Waals surface area contributed by atoms with E-state index >= 15 is 0 Å². The maximum Gasteiger partial charge on any atom is 0.277 e. The average molecular weight is 298 g/mol. The molecule has 0 atom stereocenters. The fourth-order valence-corrected chi connectivity index (χ4v) is 2.59. The summed E-state index contributed by atoms with van der Waals surface area (Å²) in [7, 11) is 1.76. The Morgan fingerprint density at radius 2 is 2.00 bits per heavy atom. The second-order valence-corrected chi connectivity index (χ2v) is 5.37. The van der Waals surface area contributed by atoms with Gasteiger partial charge in [-0.05, 0) is 24.1 Å². The summed E-state index contributed by atoms with van der Waals surface area (Å²) in [5, 5.41) is 13.7. The fourth-order valence-electron chi connectivity index (χ4n) is 2.59. The molecule has 0 aliphatic heterocycles. The molecule has 0 unspecified atom stereocenters. The molecule has 0 aliphatic carbocycles. The molecule has 2 heterocycles. The van der Waals surface area contributed by atoms with E-state index in [1.54, 1.807) is 23.9 Å². The molecule has 0 radical (unpaired) electrons. The molecule has 6 nitrogen and oxygen atoms in total. The van der Waals surface area contributed by atoms with Crippen LogP contribution in [0, 0.1) is 0 Å². The molecule has 0 aliphatic rings. The number of H-pyrrole nitrogens is 1. The molecule has 114 valence electrons. The number of benzene rings is 1. The summed E-state index contributed by atoms with van der Waals surface area (Å²) in [5.41, 5.74) is 2.86. The SMILES string of the molecule is CCCc1nn(C)c2c(=O)[nH]c(Cc3ccc(O)cc3)nc12. The smallest absolute Gasteiger partial charge is 0.277 e. The van der Waals surface area contributed by atoms with Crippen molar-refractivity contribution in [3.8, 4) is 5.75 Å². The Morgan fingerprint density at radius 3 is 2.68 bits per heavy atom. The molecular weight excluding hydrogens is 280 g/mol. The number of nitrogens with one attached hydrogen (secondary N) is 1. The van der Waals surface area contributed by atoms with Gasteiger partial charge in [0.2, 0.25) is 0 Å². The van der Waals surface area contributed by atoms with Crippen LogP contribution < -0.4 is 5.56 Å². The first kappa shape index (κ1) is 14.3. The van der Waals surface area contributed by atoms with Crippen LogP contribution in [0.4, 0.5) is 0 Å². The lowest BCUT2D eigenvalue weighted by Crippen LogP contribution is -2.14. The van der Waals surface area contributed by atoms with Gasteiger partial charge >= 0.3 is 0 Å². The highest BCUT2D eigenvalue weighted by Crippen LogP contribution is 2.16. The number of rotatable bonds is 4. The van der Waals surface area contributed by atoms with Crippen molar-refractivity contribution < 1.29 is 5.11 Å². The van der Waals surface area contributed by atoms with Crippen molar-refractivity contribution in [2.45, 2.75) is 26.2 Å². The zero-order chi connectivity index (χ0) is 15.7. The summed E-state index contributed by atoms with van der Waals surface area (Å²) in [4.78, 5) is 19.7. The largest absolute Gasteiger partial charge is 0.508 e. The van der Waals surface area contributed by atoms with E-state index in [1.165, 1.54) is 0 Å². The number of phenols is 1. The van der Waals surface area contributed by atoms with E-state index in [2.05, 4.69) is 22.0 Å². The van der Waals surface area contributed by atoms with Crippen molar-refractivity contribution in [2.24, 2.45) is 7.05 Å². The summed E-state index contributed by atoms with van der Waals surface area (Å²) in [5.74, 6) is 0.826. The van der Waals surface area contributed by atoms with Gasteiger partial charge in [-0.2, -0.15) is 5.10 Å². The van der Waals surface area contributed by atoms with Gasteiger partial charge in [-0.1, -0.05) is 25.5 Å². The van der Waals surface area contributed by atoms with Crippen molar-refractivity contribution in [2.75, 3.05) is 0 Å². The number of aromatic amines is 1. The number of nitrogens with zero attached hydrogens (tertiary/aromatic N) is 3. The second kappa shape index (κ2) is 5.63. The van der Waals surface area contributed by atoms with E-state index in [0.29, 0.717) is 23.3 Å². The van der Waals surface area contributed by atoms with Gasteiger partial charge in [-0.3, -0.25) is 9.48 Å². The number of aryl methyl sites for hydroxylation is 2. The number of phenolic OH excluding ortho intramolecular Hbond substituents is 1. The zero-order valence-electron chi connectivity index (χ0n) is 12.6. The van der Waals surface area contributed by atoms with Crippen LogP contribution in [0.3, 0.4) is 0 Å². The van der Waals surface area contributed by atoms with Gasteiger partial charge in [0.25, 0.3) is 5.56 Å². The van der Waals surface area contributed by atoms with Crippen LogP contribution in [0.2, 0.25) is 0 Å². The molecule has 22 heavy (non-hydrogen) atoms. The highest BCUT2D eigenvalue weighted by atomic mass is 16.3. The topological polar surface area (TPSA) is 83.8 Å². The van der Waals surface area contributed by atoms with Gasteiger partial charge in [-0.25, -0.2) is 4.98 Å². The molecule has 2 N–H and O–H groups in total. The van der Waals surface area contributed by atoms with Gasteiger partial charge in [0.15, 0.2) is 5.52 Å². The molecule has 3 aromatic rings. The molecule has 6 heteroatoms. The molecule has 0 spiro atoms. The van der Waals surface area contributed by atoms with Crippen molar-refractivity contribution in [1.29, 1.82) is 0 Å². The third kappa shape index (κ3) is 2.59. The molecule has 3 rings (SSSR count). The Bertz CT molecular complexity index is 862. The predicted octanol–water partition coefficient (Wildman–Crippen LogP) is 1.91. The minimum Gasteiger partial charge on any atom is -0.508 e. The Hall–Kier alpha value is -2.63. The van der Waals surface area contributed by atoms with E-state index in [1.807, 2.05) is 12.1 Å². The van der Waals surface area contributed by atoms with E-state index in [0.717, 1.165) is 24.1 Å². The lowest BCUT2D eigenvalue weighted by Gasteiger charge is -2.03. The number of hydrogen-bond acceptors (Lipinski definition) is 4. The van der Waals surface area contributed by atoms with Crippen molar-refractivity contribution in [3.63, 3.8) is 0 Å². The number of fused-ring (bicyclic) bond motifs is 1. The Kier molecular flexibility index (Phi) is 3.66. The highest BCUT2D eigenvalue weighted by molar-refractivity contribution is 5.76. The molecular formula is C16H18N4O2. The summed E-state index contributed by atoms with van der Waals surface area (Å²) >= 11 is 0. The van der Waals surface area contributed by atoms with Gasteiger partial charge < -0.3 is 10.1 Å². The van der Waals surface area contributed by atoms with Crippen molar-refractivity contribution >= 4 is 11.0 Å². The van der Waals surface area contributed by atoms with Gasteiger partial charge in [0.1, 0.15) is 17.1 Å². The van der Waals surface area contributed by atoms with Crippen LogP contribution >= 0.6 is 0 Å². The minimum absolute atomic E-state index is 0.170. The monoisotopic (exact) mass is 298 g/mol. The lowest BCUT2D eigenvalue weighted by atomic mass is 10.1.